The Labute approximate surface area is 297 Å². The van der Waals surface area contributed by atoms with Crippen molar-refractivity contribution < 1.29 is 33.6 Å². The number of hydrogen-bond acceptors (Lipinski definition) is 9. The van der Waals surface area contributed by atoms with Crippen LogP contribution in [0.3, 0.4) is 0 Å². The average Bonchev–Trinajstić information content (AvgIpc) is 3.01. The number of urea groups is 1. The zero-order valence-corrected chi connectivity index (χ0v) is 30.1. The van der Waals surface area contributed by atoms with Gasteiger partial charge in [-0.05, 0) is 105 Å². The molecule has 4 rings (SSSR count). The van der Waals surface area contributed by atoms with Crippen molar-refractivity contribution in [3.05, 3.63) is 94.6 Å². The number of hydrazone groups is 1. The number of rotatable bonds is 13. The van der Waals surface area contributed by atoms with Gasteiger partial charge in [-0.15, -0.1) is 0 Å². The molecule has 11 nitrogen and oxygen atoms in total. The van der Waals surface area contributed by atoms with Crippen molar-refractivity contribution >= 4 is 79.9 Å². The van der Waals surface area contributed by atoms with Gasteiger partial charge in [-0.25, -0.2) is 9.59 Å². The van der Waals surface area contributed by atoms with Crippen molar-refractivity contribution in [3.8, 4) is 17.2 Å². The number of ether oxygens (including phenoxy) is 4. The van der Waals surface area contributed by atoms with Crippen molar-refractivity contribution in [2.75, 3.05) is 20.3 Å². The van der Waals surface area contributed by atoms with Crippen LogP contribution in [0.4, 0.5) is 4.79 Å². The van der Waals surface area contributed by atoms with Gasteiger partial charge in [-0.3, -0.25) is 5.43 Å². The molecule has 0 fully saturated rings. The van der Waals surface area contributed by atoms with E-state index in [-0.39, 0.29) is 12.2 Å². The van der Waals surface area contributed by atoms with E-state index in [1.54, 1.807) is 43.5 Å². The topological polar surface area (TPSA) is 140 Å². The molecule has 0 spiro atoms. The van der Waals surface area contributed by atoms with E-state index >= 15 is 0 Å². The van der Waals surface area contributed by atoms with Crippen LogP contribution in [0.5, 0.6) is 17.2 Å². The molecule has 0 unspecified atom stereocenters. The monoisotopic (exact) mass is 846 g/mol. The van der Waals surface area contributed by atoms with E-state index in [1.807, 2.05) is 25.1 Å². The number of allylic oxidation sites excluding steroid dienone is 1. The van der Waals surface area contributed by atoms with Crippen LogP contribution in [0, 0.1) is 3.57 Å². The van der Waals surface area contributed by atoms with E-state index in [0.29, 0.717) is 51.8 Å². The number of esters is 1. The number of carbonyl (C=O) groups is 2. The molecule has 0 aromatic heterocycles. The molecule has 0 saturated heterocycles. The molecule has 0 saturated carbocycles. The third-order valence-corrected chi connectivity index (χ3v) is 8.63. The molecular weight excluding hydrogens is 818 g/mol. The number of halogens is 4. The Hall–Kier alpha value is -3.24. The smallest absolute Gasteiger partial charge is 0.337 e. The number of nitrogens with one attached hydrogen (secondary N) is 3. The predicted octanol–water partition coefficient (Wildman–Crippen LogP) is 6.46. The standard InChI is InChI=1S/C31H30BrCl2IN4O7/c1-4-44-25-12-19(28-27(30(41)43-3)16(2)37-31(42)38-28)6-8-24(25)45-15-26(40)39-36-13-18-9-20(32)29(23(35)11-18)46-14-17-5-7-21(33)22(34)10-17/h5-13,26,28,39-40H,4,14-15H2,1-3H3,(H2,37,38,42)/b36-13-/t26-,28-/m0/s1. The molecule has 0 bridgehead atoms. The number of methoxy groups -OCH3 is 1. The van der Waals surface area contributed by atoms with E-state index in [2.05, 4.69) is 59.7 Å². The van der Waals surface area contributed by atoms with Gasteiger partial charge in [0.1, 0.15) is 19.0 Å². The first kappa shape index (κ1) is 35.6. The van der Waals surface area contributed by atoms with E-state index < -0.39 is 24.3 Å². The highest BCUT2D eigenvalue weighted by molar-refractivity contribution is 14.1. The zero-order chi connectivity index (χ0) is 33.4. The number of nitrogens with zero attached hydrogens (tertiary/aromatic N) is 1. The molecule has 4 N–H and O–H groups in total. The molecule has 244 valence electrons. The molecule has 15 heteroatoms. The fraction of sp³-hybridized carbons (Fsp3) is 0.258. The van der Waals surface area contributed by atoms with Crippen LogP contribution < -0.4 is 30.3 Å². The second-order valence-corrected chi connectivity index (χ2v) is 12.6. The summed E-state index contributed by atoms with van der Waals surface area (Å²) in [7, 11) is 1.27. The molecule has 1 aliphatic rings. The molecule has 46 heavy (non-hydrogen) atoms. The first-order valence-corrected chi connectivity index (χ1v) is 16.4. The number of amides is 2. The fourth-order valence-corrected chi connectivity index (χ4v) is 6.49. The van der Waals surface area contributed by atoms with E-state index in [4.69, 9.17) is 42.1 Å². The Morgan fingerprint density at radius 3 is 2.61 bits per heavy atom. The van der Waals surface area contributed by atoms with Gasteiger partial charge in [0.15, 0.2) is 17.7 Å². The molecule has 1 heterocycles. The zero-order valence-electron chi connectivity index (χ0n) is 24.8. The second kappa shape index (κ2) is 16.5. The maximum Gasteiger partial charge on any atom is 0.337 e. The number of aliphatic hydroxyl groups excluding tert-OH is 1. The lowest BCUT2D eigenvalue weighted by Gasteiger charge is -2.28. The van der Waals surface area contributed by atoms with Crippen LogP contribution in [0.15, 0.2) is 69.4 Å². The largest absolute Gasteiger partial charge is 0.490 e. The SMILES string of the molecule is CCOc1cc([C@@H]2NC(=O)NC(C)=C2C(=O)OC)ccc1OC[C@H](O)N/N=C\c1cc(Br)c(OCc2ccc(Cl)c(Cl)c2)c(I)c1. The maximum absolute atomic E-state index is 12.5. The number of benzene rings is 3. The quantitative estimate of drug-likeness (QED) is 0.0506. The van der Waals surface area contributed by atoms with E-state index in [9.17, 15) is 14.7 Å². The Bertz CT molecular complexity index is 1650. The number of hydrogen-bond donors (Lipinski definition) is 4. The molecule has 0 aliphatic carbocycles. The van der Waals surface area contributed by atoms with Gasteiger partial charge in [-0.1, -0.05) is 35.3 Å². The van der Waals surface area contributed by atoms with Crippen LogP contribution in [0.2, 0.25) is 10.0 Å². The van der Waals surface area contributed by atoms with E-state index in [1.165, 1.54) is 7.11 Å². The van der Waals surface area contributed by atoms with Crippen molar-refractivity contribution in [1.82, 2.24) is 16.1 Å². The summed E-state index contributed by atoms with van der Waals surface area (Å²) in [6, 6.07) is 12.8. The summed E-state index contributed by atoms with van der Waals surface area (Å²) in [5.41, 5.74) is 5.51. The highest BCUT2D eigenvalue weighted by atomic mass is 127. The summed E-state index contributed by atoms with van der Waals surface area (Å²) in [5.74, 6) is 0.808. The van der Waals surface area contributed by atoms with Crippen LogP contribution in [0.25, 0.3) is 0 Å². The summed E-state index contributed by atoms with van der Waals surface area (Å²) < 4.78 is 24.0. The Kier molecular flexibility index (Phi) is 12.8. The van der Waals surface area contributed by atoms with Crippen LogP contribution in [-0.4, -0.2) is 49.9 Å². The normalized spacial score (nSPS) is 15.2. The van der Waals surface area contributed by atoms with Gasteiger partial charge in [-0.2, -0.15) is 5.10 Å². The van der Waals surface area contributed by atoms with Crippen LogP contribution in [-0.2, 0) is 16.1 Å². The van der Waals surface area contributed by atoms with Gasteiger partial charge >= 0.3 is 12.0 Å². The highest BCUT2D eigenvalue weighted by Gasteiger charge is 2.32. The molecule has 1 aliphatic heterocycles. The minimum Gasteiger partial charge on any atom is -0.490 e. The van der Waals surface area contributed by atoms with Gasteiger partial charge in [0.05, 0.1) is 49.6 Å². The van der Waals surface area contributed by atoms with Gasteiger partial charge in [0.2, 0.25) is 0 Å². The first-order chi connectivity index (χ1) is 22.0. The van der Waals surface area contributed by atoms with Crippen molar-refractivity contribution in [2.45, 2.75) is 32.7 Å². The second-order valence-electron chi connectivity index (χ2n) is 9.77. The van der Waals surface area contributed by atoms with Gasteiger partial charge in [0.25, 0.3) is 0 Å². The van der Waals surface area contributed by atoms with Gasteiger partial charge < -0.3 is 34.7 Å². The predicted molar refractivity (Wildman–Crippen MR) is 187 cm³/mol. The van der Waals surface area contributed by atoms with Crippen molar-refractivity contribution in [1.29, 1.82) is 0 Å². The Balaban J connectivity index is 1.37. The molecular formula is C31H30BrCl2IN4O7. The third kappa shape index (κ3) is 9.18. The van der Waals surface area contributed by atoms with Gasteiger partial charge in [0, 0.05) is 5.70 Å². The molecule has 2 atom stereocenters. The molecule has 0 radical (unpaired) electrons. The maximum atomic E-state index is 12.5. The summed E-state index contributed by atoms with van der Waals surface area (Å²) >= 11 is 17.8. The number of carbonyl (C=O) groups excluding carboxylic acids is 2. The summed E-state index contributed by atoms with van der Waals surface area (Å²) in [6.07, 6.45) is 0.406. The Morgan fingerprint density at radius 2 is 1.91 bits per heavy atom. The lowest BCUT2D eigenvalue weighted by Crippen LogP contribution is -2.45. The van der Waals surface area contributed by atoms with Crippen molar-refractivity contribution in [3.63, 3.8) is 0 Å². The minimum absolute atomic E-state index is 0.157. The Morgan fingerprint density at radius 1 is 1.13 bits per heavy atom. The van der Waals surface area contributed by atoms with Crippen LogP contribution >= 0.6 is 61.7 Å². The molecule has 3 aromatic rings. The van der Waals surface area contributed by atoms with Crippen LogP contribution in [0.1, 0.15) is 36.6 Å². The third-order valence-electron chi connectivity index (χ3n) is 6.50. The first-order valence-electron chi connectivity index (χ1n) is 13.8. The molecule has 3 aromatic carbocycles. The molecule has 2 amide bonds. The summed E-state index contributed by atoms with van der Waals surface area (Å²) in [4.78, 5) is 24.6. The van der Waals surface area contributed by atoms with Crippen molar-refractivity contribution in [2.24, 2.45) is 5.10 Å². The summed E-state index contributed by atoms with van der Waals surface area (Å²) in [5, 5.41) is 20.9. The lowest BCUT2D eigenvalue weighted by molar-refractivity contribution is -0.136. The fourth-order valence-electron chi connectivity index (χ4n) is 4.40. The minimum atomic E-state index is -1.15. The van der Waals surface area contributed by atoms with E-state index in [0.717, 1.165) is 19.2 Å². The highest BCUT2D eigenvalue weighted by Crippen LogP contribution is 2.35. The summed E-state index contributed by atoms with van der Waals surface area (Å²) in [6.45, 7) is 3.91. The average molecular weight is 848 g/mol. The number of aliphatic hydroxyl groups is 1. The lowest BCUT2D eigenvalue weighted by atomic mass is 9.95.